The summed E-state index contributed by atoms with van der Waals surface area (Å²) in [6, 6.07) is 0.265. The molecule has 2 rings (SSSR count). The summed E-state index contributed by atoms with van der Waals surface area (Å²) in [4.78, 5) is 27.3. The zero-order valence-corrected chi connectivity index (χ0v) is 14.8. The Morgan fingerprint density at radius 3 is 2.64 bits per heavy atom. The summed E-state index contributed by atoms with van der Waals surface area (Å²) in [7, 11) is 0. The molecule has 0 aromatic carbocycles. The Hall–Kier alpha value is -1.41. The van der Waals surface area contributed by atoms with Gasteiger partial charge in [0.05, 0.1) is 5.54 Å². The van der Waals surface area contributed by atoms with Crippen molar-refractivity contribution in [2.75, 3.05) is 13.1 Å². The standard InChI is InChI=1S/C14H19IN4O3/c1-10(2)19-8-11(12(15)17-19)7-14(16-9-20)3-5-18(6-4-14)13(21)22/h8,10H,3-7H2,1-2H3,(H,21,22). The van der Waals surface area contributed by atoms with Crippen LogP contribution in [0.3, 0.4) is 0 Å². The SMILES string of the molecule is CC(C)n1cc(CC2(N=C=O)CCN(C(=O)O)CC2)c(I)n1. The predicted molar refractivity (Wildman–Crippen MR) is 88.7 cm³/mol. The molecule has 2 heterocycles. The molecule has 1 saturated heterocycles. The average Bonchev–Trinajstić information content (AvgIpc) is 2.81. The van der Waals surface area contributed by atoms with E-state index in [2.05, 4.69) is 46.5 Å². The summed E-state index contributed by atoms with van der Waals surface area (Å²) in [5, 5.41) is 13.5. The molecule has 0 aliphatic carbocycles. The first-order chi connectivity index (χ1) is 10.4. The first-order valence-electron chi connectivity index (χ1n) is 7.17. The fraction of sp³-hybridized carbons (Fsp3) is 0.643. The van der Waals surface area contributed by atoms with Gasteiger partial charge in [0.25, 0.3) is 0 Å². The smallest absolute Gasteiger partial charge is 0.407 e. The van der Waals surface area contributed by atoms with Gasteiger partial charge in [-0.2, -0.15) is 10.1 Å². The van der Waals surface area contributed by atoms with Crippen LogP contribution in [0.2, 0.25) is 0 Å². The molecule has 0 bridgehead atoms. The van der Waals surface area contributed by atoms with Crippen LogP contribution < -0.4 is 0 Å². The van der Waals surface area contributed by atoms with E-state index in [0.717, 1.165) is 9.26 Å². The van der Waals surface area contributed by atoms with Gasteiger partial charge < -0.3 is 10.0 Å². The van der Waals surface area contributed by atoms with Gasteiger partial charge in [-0.1, -0.05) is 0 Å². The van der Waals surface area contributed by atoms with Gasteiger partial charge in [-0.3, -0.25) is 4.68 Å². The van der Waals surface area contributed by atoms with E-state index in [0.29, 0.717) is 32.4 Å². The molecular formula is C14H19IN4O3. The van der Waals surface area contributed by atoms with Gasteiger partial charge in [0.15, 0.2) is 0 Å². The number of aromatic nitrogens is 2. The van der Waals surface area contributed by atoms with E-state index in [4.69, 9.17) is 5.11 Å². The second kappa shape index (κ2) is 6.78. The van der Waals surface area contributed by atoms with Gasteiger partial charge in [0.2, 0.25) is 6.08 Å². The number of aliphatic imine (C=N–C) groups is 1. The molecule has 8 heteroatoms. The van der Waals surface area contributed by atoms with Crippen LogP contribution in [0.25, 0.3) is 0 Å². The molecule has 0 unspecified atom stereocenters. The number of isocyanates is 1. The zero-order valence-electron chi connectivity index (χ0n) is 12.6. The van der Waals surface area contributed by atoms with E-state index in [9.17, 15) is 9.59 Å². The molecular weight excluding hydrogens is 399 g/mol. The normalized spacial score (nSPS) is 17.4. The van der Waals surface area contributed by atoms with E-state index >= 15 is 0 Å². The monoisotopic (exact) mass is 418 g/mol. The van der Waals surface area contributed by atoms with Crippen LogP contribution in [0.5, 0.6) is 0 Å². The summed E-state index contributed by atoms with van der Waals surface area (Å²) in [6.45, 7) is 4.87. The Bertz CT molecular complexity index is 599. The number of nitrogens with zero attached hydrogens (tertiary/aromatic N) is 4. The van der Waals surface area contributed by atoms with Crippen LogP contribution in [0.15, 0.2) is 11.2 Å². The van der Waals surface area contributed by atoms with Crippen molar-refractivity contribution < 1.29 is 14.7 Å². The van der Waals surface area contributed by atoms with Crippen LogP contribution >= 0.6 is 22.6 Å². The minimum absolute atomic E-state index is 0.265. The fourth-order valence-corrected chi connectivity index (χ4v) is 3.26. The Kier molecular flexibility index (Phi) is 5.23. The van der Waals surface area contributed by atoms with Crippen molar-refractivity contribution in [3.8, 4) is 0 Å². The first-order valence-corrected chi connectivity index (χ1v) is 8.25. The van der Waals surface area contributed by atoms with Crippen LogP contribution in [0.1, 0.15) is 38.3 Å². The molecule has 1 aromatic heterocycles. The van der Waals surface area contributed by atoms with Crippen LogP contribution in [-0.2, 0) is 11.2 Å². The molecule has 1 aliphatic heterocycles. The number of carbonyl (C=O) groups is 1. The summed E-state index contributed by atoms with van der Waals surface area (Å²) < 4.78 is 2.79. The van der Waals surface area contributed by atoms with Gasteiger partial charge in [0, 0.05) is 37.3 Å². The van der Waals surface area contributed by atoms with Crippen molar-refractivity contribution in [1.29, 1.82) is 0 Å². The van der Waals surface area contributed by atoms with E-state index in [1.165, 1.54) is 4.90 Å². The van der Waals surface area contributed by atoms with Crippen LogP contribution in [-0.4, -0.2) is 50.6 Å². The molecule has 120 valence electrons. The summed E-state index contributed by atoms with van der Waals surface area (Å²) in [6.07, 6.45) is 4.36. The van der Waals surface area contributed by atoms with Crippen molar-refractivity contribution >= 4 is 34.8 Å². The lowest BCUT2D eigenvalue weighted by Crippen LogP contribution is -2.46. The highest BCUT2D eigenvalue weighted by atomic mass is 127. The number of likely N-dealkylation sites (tertiary alicyclic amines) is 1. The molecule has 0 spiro atoms. The number of piperidine rings is 1. The average molecular weight is 418 g/mol. The first kappa shape index (κ1) is 17.0. The lowest BCUT2D eigenvalue weighted by Gasteiger charge is -2.36. The Labute approximate surface area is 142 Å². The minimum Gasteiger partial charge on any atom is -0.465 e. The highest BCUT2D eigenvalue weighted by Gasteiger charge is 2.37. The molecule has 0 saturated carbocycles. The van der Waals surface area contributed by atoms with Gasteiger partial charge in [0.1, 0.15) is 3.70 Å². The molecule has 1 fully saturated rings. The molecule has 1 aromatic rings. The highest BCUT2D eigenvalue weighted by Crippen LogP contribution is 2.31. The largest absolute Gasteiger partial charge is 0.465 e. The number of carboxylic acid groups (broad SMARTS) is 1. The Morgan fingerprint density at radius 1 is 1.55 bits per heavy atom. The van der Waals surface area contributed by atoms with E-state index in [-0.39, 0.29) is 6.04 Å². The molecule has 0 radical (unpaired) electrons. The number of hydrogen-bond donors (Lipinski definition) is 1. The van der Waals surface area contributed by atoms with Crippen molar-refractivity contribution in [2.24, 2.45) is 4.99 Å². The lowest BCUT2D eigenvalue weighted by molar-refractivity contribution is 0.118. The molecule has 22 heavy (non-hydrogen) atoms. The number of carbonyl (C=O) groups excluding carboxylic acids is 1. The number of amides is 1. The minimum atomic E-state index is -0.925. The topological polar surface area (TPSA) is 87.8 Å². The van der Waals surface area contributed by atoms with Gasteiger partial charge in [-0.25, -0.2) is 9.59 Å². The number of rotatable bonds is 4. The molecule has 7 nitrogen and oxygen atoms in total. The predicted octanol–water partition coefficient (Wildman–Crippen LogP) is 2.46. The van der Waals surface area contributed by atoms with Crippen LogP contribution in [0.4, 0.5) is 4.79 Å². The van der Waals surface area contributed by atoms with Gasteiger partial charge in [-0.15, -0.1) is 0 Å². The van der Waals surface area contributed by atoms with Gasteiger partial charge in [-0.05, 0) is 49.3 Å². The number of hydrogen-bond acceptors (Lipinski definition) is 4. The second-order valence-corrected chi connectivity index (χ2v) is 6.91. The molecule has 1 amide bonds. The quantitative estimate of drug-likeness (QED) is 0.462. The number of halogens is 1. The maximum absolute atomic E-state index is 11.0. The lowest BCUT2D eigenvalue weighted by atomic mass is 9.83. The van der Waals surface area contributed by atoms with Crippen molar-refractivity contribution in [1.82, 2.24) is 14.7 Å². The van der Waals surface area contributed by atoms with Crippen LogP contribution in [0, 0.1) is 3.70 Å². The van der Waals surface area contributed by atoms with E-state index in [1.54, 1.807) is 6.08 Å². The third-order valence-electron chi connectivity index (χ3n) is 4.05. The fourth-order valence-electron chi connectivity index (χ4n) is 2.68. The summed E-state index contributed by atoms with van der Waals surface area (Å²) in [5.74, 6) is 0. The van der Waals surface area contributed by atoms with Gasteiger partial charge >= 0.3 is 6.09 Å². The Morgan fingerprint density at radius 2 is 2.18 bits per heavy atom. The van der Waals surface area contributed by atoms with Crippen molar-refractivity contribution in [3.63, 3.8) is 0 Å². The van der Waals surface area contributed by atoms with E-state index < -0.39 is 11.6 Å². The third kappa shape index (κ3) is 3.67. The summed E-state index contributed by atoms with van der Waals surface area (Å²) >= 11 is 2.18. The second-order valence-electron chi connectivity index (χ2n) is 5.89. The van der Waals surface area contributed by atoms with E-state index in [1.807, 2.05) is 10.9 Å². The highest BCUT2D eigenvalue weighted by molar-refractivity contribution is 14.1. The van der Waals surface area contributed by atoms with Crippen molar-refractivity contribution in [2.45, 2.75) is 44.7 Å². The zero-order chi connectivity index (χ0) is 16.3. The summed E-state index contributed by atoms with van der Waals surface area (Å²) in [5.41, 5.74) is 0.468. The molecule has 0 atom stereocenters. The van der Waals surface area contributed by atoms with Crippen molar-refractivity contribution in [3.05, 3.63) is 15.5 Å². The molecule has 1 aliphatic rings. The Balaban J connectivity index is 2.20. The maximum atomic E-state index is 11.0. The molecule has 1 N–H and O–H groups in total. The maximum Gasteiger partial charge on any atom is 0.407 e. The third-order valence-corrected chi connectivity index (χ3v) is 4.96.